The lowest BCUT2D eigenvalue weighted by Gasteiger charge is -2.17. The molecule has 3 aromatic rings. The molecule has 1 aromatic carbocycles. The maximum Gasteiger partial charge on any atom is 0.229 e. The minimum absolute atomic E-state index is 0. The first-order valence-electron chi connectivity index (χ1n) is 9.24. The highest BCUT2D eigenvalue weighted by Gasteiger charge is 2.34. The Morgan fingerprint density at radius 3 is 2.93 bits per heavy atom. The SMILES string of the molecule is CCCn1ccc2ccc(NC(=O)[C@H]3CNC[C@@H]3c3cnn(C)c3)cc21.Cl. The molecule has 1 saturated heterocycles. The third kappa shape index (κ3) is 3.87. The van der Waals surface area contributed by atoms with Gasteiger partial charge in [0, 0.05) is 50.7 Å². The van der Waals surface area contributed by atoms with Crippen molar-refractivity contribution < 1.29 is 4.79 Å². The molecule has 7 heteroatoms. The molecule has 0 bridgehead atoms. The van der Waals surface area contributed by atoms with Crippen molar-refractivity contribution in [2.45, 2.75) is 25.8 Å². The third-order valence-corrected chi connectivity index (χ3v) is 5.21. The molecule has 0 unspecified atom stereocenters. The Balaban J connectivity index is 0.00000210. The molecule has 2 aromatic heterocycles. The summed E-state index contributed by atoms with van der Waals surface area (Å²) in [6.45, 7) is 4.65. The number of halogens is 1. The van der Waals surface area contributed by atoms with Crippen molar-refractivity contribution in [2.24, 2.45) is 13.0 Å². The fraction of sp³-hybridized carbons (Fsp3) is 0.400. The molecule has 0 radical (unpaired) electrons. The highest BCUT2D eigenvalue weighted by molar-refractivity contribution is 5.96. The summed E-state index contributed by atoms with van der Waals surface area (Å²) in [7, 11) is 1.90. The number of hydrogen-bond donors (Lipinski definition) is 2. The van der Waals surface area contributed by atoms with Crippen LogP contribution in [0.25, 0.3) is 10.9 Å². The molecule has 1 aliphatic heterocycles. The molecule has 4 rings (SSSR count). The van der Waals surface area contributed by atoms with E-state index in [9.17, 15) is 4.79 Å². The number of benzene rings is 1. The zero-order chi connectivity index (χ0) is 18.1. The lowest BCUT2D eigenvalue weighted by atomic mass is 9.90. The zero-order valence-electron chi connectivity index (χ0n) is 15.7. The van der Waals surface area contributed by atoms with Gasteiger partial charge in [0.1, 0.15) is 0 Å². The Morgan fingerprint density at radius 1 is 1.33 bits per heavy atom. The molecule has 0 aliphatic carbocycles. The van der Waals surface area contributed by atoms with Crippen molar-refractivity contribution in [1.82, 2.24) is 19.7 Å². The van der Waals surface area contributed by atoms with Crippen LogP contribution in [0.1, 0.15) is 24.8 Å². The van der Waals surface area contributed by atoms with Gasteiger partial charge in [0.05, 0.1) is 17.6 Å². The Morgan fingerprint density at radius 2 is 2.19 bits per heavy atom. The van der Waals surface area contributed by atoms with Crippen LogP contribution in [0.15, 0.2) is 42.9 Å². The lowest BCUT2D eigenvalue weighted by molar-refractivity contribution is -0.119. The van der Waals surface area contributed by atoms with Crippen LogP contribution >= 0.6 is 12.4 Å². The van der Waals surface area contributed by atoms with Gasteiger partial charge >= 0.3 is 0 Å². The molecule has 1 aliphatic rings. The maximum atomic E-state index is 12.9. The van der Waals surface area contributed by atoms with Crippen LogP contribution in [0.3, 0.4) is 0 Å². The number of anilines is 1. The van der Waals surface area contributed by atoms with E-state index in [0.717, 1.165) is 36.3 Å². The third-order valence-electron chi connectivity index (χ3n) is 5.21. The molecule has 1 fully saturated rings. The van der Waals surface area contributed by atoms with Gasteiger partial charge in [-0.3, -0.25) is 9.48 Å². The fourth-order valence-corrected chi connectivity index (χ4v) is 3.87. The van der Waals surface area contributed by atoms with Crippen molar-refractivity contribution in [3.63, 3.8) is 0 Å². The highest BCUT2D eigenvalue weighted by atomic mass is 35.5. The number of fused-ring (bicyclic) bond motifs is 1. The predicted octanol–water partition coefficient (Wildman–Crippen LogP) is 3.15. The Kier molecular flexibility index (Phi) is 5.87. The first-order valence-corrected chi connectivity index (χ1v) is 9.24. The smallest absolute Gasteiger partial charge is 0.229 e. The summed E-state index contributed by atoms with van der Waals surface area (Å²) in [5.74, 6) is 0.144. The fourth-order valence-electron chi connectivity index (χ4n) is 3.87. The second kappa shape index (κ2) is 8.15. The van der Waals surface area contributed by atoms with E-state index in [0.29, 0.717) is 6.54 Å². The largest absolute Gasteiger partial charge is 0.347 e. The highest BCUT2D eigenvalue weighted by Crippen LogP contribution is 2.29. The lowest BCUT2D eigenvalue weighted by Crippen LogP contribution is -2.28. The molecule has 27 heavy (non-hydrogen) atoms. The number of aryl methyl sites for hydroxylation is 2. The summed E-state index contributed by atoms with van der Waals surface area (Å²) in [6, 6.07) is 8.25. The van der Waals surface area contributed by atoms with Gasteiger partial charge in [0.2, 0.25) is 5.91 Å². The second-order valence-corrected chi connectivity index (χ2v) is 7.09. The number of nitrogens with one attached hydrogen (secondary N) is 2. The summed E-state index contributed by atoms with van der Waals surface area (Å²) < 4.78 is 4.03. The number of rotatable bonds is 5. The van der Waals surface area contributed by atoms with E-state index >= 15 is 0 Å². The van der Waals surface area contributed by atoms with Crippen molar-refractivity contribution in [1.29, 1.82) is 0 Å². The molecular weight excluding hydrogens is 362 g/mol. The average molecular weight is 388 g/mol. The number of aromatic nitrogens is 3. The standard InChI is InChI=1S/C20H25N5O.ClH/c1-3-7-25-8-6-14-4-5-16(9-19(14)25)23-20(26)18-12-21-11-17(18)15-10-22-24(2)13-15;/h4-6,8-10,13,17-18,21H,3,7,11-12H2,1-2H3,(H,23,26);1H/t17-,18+;/m1./s1. The topological polar surface area (TPSA) is 63.9 Å². The monoisotopic (exact) mass is 387 g/mol. The Hall–Kier alpha value is -2.31. The van der Waals surface area contributed by atoms with Gasteiger partial charge in [-0.2, -0.15) is 5.10 Å². The van der Waals surface area contributed by atoms with Gasteiger partial charge < -0.3 is 15.2 Å². The molecule has 1 amide bonds. The maximum absolute atomic E-state index is 12.9. The second-order valence-electron chi connectivity index (χ2n) is 7.09. The first-order chi connectivity index (χ1) is 12.7. The minimum atomic E-state index is -0.0858. The Labute approximate surface area is 165 Å². The quantitative estimate of drug-likeness (QED) is 0.706. The molecular formula is C20H26ClN5O. The van der Waals surface area contributed by atoms with E-state index in [1.165, 1.54) is 5.39 Å². The van der Waals surface area contributed by atoms with Gasteiger partial charge in [-0.1, -0.05) is 13.0 Å². The van der Waals surface area contributed by atoms with Crippen molar-refractivity contribution in [3.8, 4) is 0 Å². The van der Waals surface area contributed by atoms with Crippen LogP contribution in [0, 0.1) is 5.92 Å². The van der Waals surface area contributed by atoms with E-state index in [1.54, 1.807) is 4.68 Å². The van der Waals surface area contributed by atoms with Crippen LogP contribution in [0.5, 0.6) is 0 Å². The molecule has 6 nitrogen and oxygen atoms in total. The normalized spacial score (nSPS) is 19.2. The number of carbonyl (C=O) groups excluding carboxylic acids is 1. The van der Waals surface area contributed by atoms with Gasteiger partial charge in [0.15, 0.2) is 0 Å². The van der Waals surface area contributed by atoms with Gasteiger partial charge in [-0.15, -0.1) is 12.4 Å². The predicted molar refractivity (Wildman–Crippen MR) is 110 cm³/mol. The van der Waals surface area contributed by atoms with E-state index in [2.05, 4.69) is 51.6 Å². The van der Waals surface area contributed by atoms with Gasteiger partial charge in [-0.25, -0.2) is 0 Å². The molecule has 3 heterocycles. The summed E-state index contributed by atoms with van der Waals surface area (Å²) in [4.78, 5) is 12.9. The summed E-state index contributed by atoms with van der Waals surface area (Å²) >= 11 is 0. The summed E-state index contributed by atoms with van der Waals surface area (Å²) in [6.07, 6.45) is 7.06. The average Bonchev–Trinajstić information content (AvgIpc) is 3.35. The van der Waals surface area contributed by atoms with Crippen LogP contribution in [0.2, 0.25) is 0 Å². The molecule has 0 spiro atoms. The molecule has 0 saturated carbocycles. The zero-order valence-corrected chi connectivity index (χ0v) is 16.5. The van der Waals surface area contributed by atoms with Crippen LogP contribution in [-0.2, 0) is 18.4 Å². The minimum Gasteiger partial charge on any atom is -0.347 e. The van der Waals surface area contributed by atoms with E-state index in [4.69, 9.17) is 0 Å². The summed E-state index contributed by atoms with van der Waals surface area (Å²) in [5, 5.41) is 11.9. The molecule has 2 N–H and O–H groups in total. The van der Waals surface area contributed by atoms with E-state index in [-0.39, 0.29) is 30.2 Å². The number of amides is 1. The van der Waals surface area contributed by atoms with Crippen LogP contribution in [-0.4, -0.2) is 33.3 Å². The Bertz CT molecular complexity index is 931. The van der Waals surface area contributed by atoms with E-state index < -0.39 is 0 Å². The number of nitrogens with zero attached hydrogens (tertiary/aromatic N) is 3. The molecule has 2 atom stereocenters. The van der Waals surface area contributed by atoms with Gasteiger partial charge in [0.25, 0.3) is 0 Å². The molecule has 144 valence electrons. The number of hydrogen-bond acceptors (Lipinski definition) is 3. The van der Waals surface area contributed by atoms with Crippen LogP contribution < -0.4 is 10.6 Å². The number of carbonyl (C=O) groups is 1. The van der Waals surface area contributed by atoms with Gasteiger partial charge in [-0.05, 0) is 35.6 Å². The van der Waals surface area contributed by atoms with Crippen molar-refractivity contribution >= 4 is 34.9 Å². The summed E-state index contributed by atoms with van der Waals surface area (Å²) in [5.41, 5.74) is 3.14. The van der Waals surface area contributed by atoms with Crippen molar-refractivity contribution in [2.75, 3.05) is 18.4 Å². The first kappa shape index (κ1) is 19.5. The van der Waals surface area contributed by atoms with Crippen molar-refractivity contribution in [3.05, 3.63) is 48.4 Å². The van der Waals surface area contributed by atoms with Crippen LogP contribution in [0.4, 0.5) is 5.69 Å². The van der Waals surface area contributed by atoms with E-state index in [1.807, 2.05) is 25.5 Å².